The van der Waals surface area contributed by atoms with Gasteiger partial charge < -0.3 is 9.84 Å². The molecule has 2 N–H and O–H groups in total. The summed E-state index contributed by atoms with van der Waals surface area (Å²) in [7, 11) is -1.10. The third kappa shape index (κ3) is 6.96. The zero-order chi connectivity index (χ0) is 18.1. The van der Waals surface area contributed by atoms with Gasteiger partial charge in [-0.05, 0) is 25.7 Å². The van der Waals surface area contributed by atoms with Gasteiger partial charge in [-0.2, -0.15) is 0 Å². The van der Waals surface area contributed by atoms with E-state index in [2.05, 4.69) is 16.6 Å². The van der Waals surface area contributed by atoms with Gasteiger partial charge in [0.1, 0.15) is 11.1 Å². The molecule has 0 aliphatic carbocycles. The van der Waals surface area contributed by atoms with E-state index in [9.17, 15) is 14.1 Å². The van der Waals surface area contributed by atoms with Crippen LogP contribution in [0.3, 0.4) is 0 Å². The van der Waals surface area contributed by atoms with Crippen LogP contribution in [0.2, 0.25) is 0 Å². The Hall–Kier alpha value is -0.830. The maximum atomic E-state index is 12.0. The van der Waals surface area contributed by atoms with E-state index in [1.807, 2.05) is 13.8 Å². The van der Waals surface area contributed by atoms with E-state index >= 15 is 0 Å². The number of aliphatic hydroxyl groups excluding tert-OH is 1. The van der Waals surface area contributed by atoms with Gasteiger partial charge in [0.25, 0.3) is 0 Å². The summed E-state index contributed by atoms with van der Waals surface area (Å²) in [6.07, 6.45) is 1.49. The van der Waals surface area contributed by atoms with Crippen LogP contribution in [-0.2, 0) is 15.7 Å². The lowest BCUT2D eigenvalue weighted by molar-refractivity contribution is 0.0519. The summed E-state index contributed by atoms with van der Waals surface area (Å²) >= 11 is 1.23. The Morgan fingerprint density at radius 2 is 2.17 bits per heavy atom. The Kier molecular flexibility index (Phi) is 9.65. The molecule has 0 aliphatic rings. The van der Waals surface area contributed by atoms with Crippen molar-refractivity contribution in [3.8, 4) is 0 Å². The first-order valence-corrected chi connectivity index (χ1v) is 10.5. The molecule has 0 radical (unpaired) electrons. The standard InChI is InChI=1S/C16H28N2O4S2/c1-5-7-8-24(21)18-12(11(3)4)9-14(19)15-17-13(10-23-15)16(20)22-6-2/h10-12,14,18-19H,5-9H2,1-4H3/t12-,14-,24?/m1/s1. The topological polar surface area (TPSA) is 88.5 Å². The van der Waals surface area contributed by atoms with E-state index < -0.39 is 23.1 Å². The third-order valence-corrected chi connectivity index (χ3v) is 5.71. The number of thiazole rings is 1. The lowest BCUT2D eigenvalue weighted by Crippen LogP contribution is -2.37. The van der Waals surface area contributed by atoms with E-state index in [0.29, 0.717) is 17.2 Å². The highest BCUT2D eigenvalue weighted by Crippen LogP contribution is 2.25. The molecule has 8 heteroatoms. The molecule has 0 spiro atoms. The van der Waals surface area contributed by atoms with Crippen molar-refractivity contribution >= 4 is 28.3 Å². The Morgan fingerprint density at radius 1 is 1.46 bits per heavy atom. The van der Waals surface area contributed by atoms with Crippen molar-refractivity contribution in [3.05, 3.63) is 16.1 Å². The van der Waals surface area contributed by atoms with Gasteiger partial charge in [-0.15, -0.1) is 11.3 Å². The van der Waals surface area contributed by atoms with Gasteiger partial charge in [-0.3, -0.25) is 0 Å². The van der Waals surface area contributed by atoms with Crippen LogP contribution in [-0.4, -0.2) is 38.7 Å². The van der Waals surface area contributed by atoms with Crippen LogP contribution in [0.15, 0.2) is 5.38 Å². The summed E-state index contributed by atoms with van der Waals surface area (Å²) in [5.74, 6) is 0.348. The van der Waals surface area contributed by atoms with Crippen molar-refractivity contribution < 1.29 is 18.8 Å². The molecular formula is C16H28N2O4S2. The Morgan fingerprint density at radius 3 is 2.75 bits per heavy atom. The smallest absolute Gasteiger partial charge is 0.357 e. The molecule has 138 valence electrons. The second-order valence-corrected chi connectivity index (χ2v) is 8.14. The average molecular weight is 377 g/mol. The van der Waals surface area contributed by atoms with Gasteiger partial charge in [-0.25, -0.2) is 18.7 Å². The summed E-state index contributed by atoms with van der Waals surface area (Å²) in [6.45, 7) is 8.12. The highest BCUT2D eigenvalue weighted by atomic mass is 32.2. The molecule has 1 aromatic heterocycles. The van der Waals surface area contributed by atoms with Crippen molar-refractivity contribution in [1.29, 1.82) is 0 Å². The number of nitrogens with zero attached hydrogens (tertiary/aromatic N) is 1. The predicted octanol–water partition coefficient (Wildman–Crippen LogP) is 2.82. The lowest BCUT2D eigenvalue weighted by atomic mass is 9.99. The number of esters is 1. The first-order valence-electron chi connectivity index (χ1n) is 8.34. The second-order valence-electron chi connectivity index (χ2n) is 5.91. The van der Waals surface area contributed by atoms with Crippen molar-refractivity contribution in [2.75, 3.05) is 12.4 Å². The van der Waals surface area contributed by atoms with E-state index in [4.69, 9.17) is 4.74 Å². The molecule has 1 rings (SSSR count). The third-order valence-electron chi connectivity index (χ3n) is 3.54. The van der Waals surface area contributed by atoms with Crippen LogP contribution in [0.1, 0.15) is 68.6 Å². The van der Waals surface area contributed by atoms with Crippen molar-refractivity contribution in [2.45, 2.75) is 59.1 Å². The maximum Gasteiger partial charge on any atom is 0.357 e. The minimum absolute atomic E-state index is 0.0902. The minimum Gasteiger partial charge on any atom is -0.461 e. The predicted molar refractivity (Wildman–Crippen MR) is 97.3 cm³/mol. The van der Waals surface area contributed by atoms with Crippen molar-refractivity contribution in [1.82, 2.24) is 9.71 Å². The second kappa shape index (κ2) is 10.9. The number of aliphatic hydroxyl groups is 1. The summed E-state index contributed by atoms with van der Waals surface area (Å²) in [5.41, 5.74) is 0.219. The molecule has 1 unspecified atom stereocenters. The molecule has 0 bridgehead atoms. The maximum absolute atomic E-state index is 12.0. The molecule has 0 saturated carbocycles. The van der Waals surface area contributed by atoms with Gasteiger partial charge in [0.05, 0.1) is 17.6 Å². The number of ether oxygens (including phenoxy) is 1. The molecule has 6 nitrogen and oxygen atoms in total. The van der Waals surface area contributed by atoms with Gasteiger partial charge >= 0.3 is 5.97 Å². The van der Waals surface area contributed by atoms with Crippen LogP contribution in [0, 0.1) is 5.92 Å². The minimum atomic E-state index is -1.10. The lowest BCUT2D eigenvalue weighted by Gasteiger charge is -2.23. The number of aromatic nitrogens is 1. The number of hydrogen-bond donors (Lipinski definition) is 2. The monoisotopic (exact) mass is 376 g/mol. The number of unbranched alkanes of at least 4 members (excludes halogenated alkanes) is 1. The van der Waals surface area contributed by atoms with Gasteiger partial charge in [0.2, 0.25) is 0 Å². The van der Waals surface area contributed by atoms with E-state index in [0.717, 1.165) is 12.8 Å². The SMILES string of the molecule is CCCCS(=O)N[C@H](C[C@@H](O)c1nc(C(=O)OCC)cs1)C(C)C. The van der Waals surface area contributed by atoms with Gasteiger partial charge in [0.15, 0.2) is 5.69 Å². The molecule has 0 fully saturated rings. The summed E-state index contributed by atoms with van der Waals surface area (Å²) in [6, 6.07) is -0.0902. The van der Waals surface area contributed by atoms with E-state index in [1.165, 1.54) is 11.3 Å². The first-order chi connectivity index (χ1) is 11.4. The molecule has 0 amide bonds. The fourth-order valence-corrected chi connectivity index (χ4v) is 4.20. The number of carbonyl (C=O) groups is 1. The number of carbonyl (C=O) groups excluding carboxylic acids is 1. The Labute approximate surface area is 150 Å². The largest absolute Gasteiger partial charge is 0.461 e. The van der Waals surface area contributed by atoms with Crippen molar-refractivity contribution in [2.24, 2.45) is 5.92 Å². The quantitative estimate of drug-likeness (QED) is 0.580. The molecule has 0 saturated heterocycles. The number of hydrogen-bond acceptors (Lipinski definition) is 6. The summed E-state index contributed by atoms with van der Waals surface area (Å²) in [5, 5.41) is 12.5. The normalized spacial score (nSPS) is 15.2. The zero-order valence-corrected chi connectivity index (χ0v) is 16.4. The fourth-order valence-electron chi connectivity index (χ4n) is 2.04. The highest BCUT2D eigenvalue weighted by Gasteiger charge is 2.23. The van der Waals surface area contributed by atoms with Crippen LogP contribution < -0.4 is 4.72 Å². The first kappa shape index (κ1) is 21.2. The molecule has 3 atom stereocenters. The van der Waals surface area contributed by atoms with E-state index in [-0.39, 0.29) is 24.3 Å². The summed E-state index contributed by atoms with van der Waals surface area (Å²) in [4.78, 5) is 15.8. The molecular weight excluding hydrogens is 348 g/mol. The molecule has 24 heavy (non-hydrogen) atoms. The summed E-state index contributed by atoms with van der Waals surface area (Å²) < 4.78 is 20.0. The number of nitrogens with one attached hydrogen (secondary N) is 1. The number of rotatable bonds is 11. The van der Waals surface area contributed by atoms with Crippen LogP contribution in [0.5, 0.6) is 0 Å². The fraction of sp³-hybridized carbons (Fsp3) is 0.750. The van der Waals surface area contributed by atoms with Gasteiger partial charge in [0, 0.05) is 17.2 Å². The van der Waals surface area contributed by atoms with Crippen LogP contribution in [0.25, 0.3) is 0 Å². The Bertz CT molecular complexity index is 534. The highest BCUT2D eigenvalue weighted by molar-refractivity contribution is 7.83. The molecule has 0 aromatic carbocycles. The van der Waals surface area contributed by atoms with Crippen molar-refractivity contribution in [3.63, 3.8) is 0 Å². The van der Waals surface area contributed by atoms with Crippen LogP contribution >= 0.6 is 11.3 Å². The van der Waals surface area contributed by atoms with E-state index in [1.54, 1.807) is 12.3 Å². The molecule has 0 aliphatic heterocycles. The van der Waals surface area contributed by atoms with Gasteiger partial charge in [-0.1, -0.05) is 27.2 Å². The average Bonchev–Trinajstić information content (AvgIpc) is 3.02. The molecule has 1 heterocycles. The Balaban J connectivity index is 2.66. The van der Waals surface area contributed by atoms with Crippen LogP contribution in [0.4, 0.5) is 0 Å². The zero-order valence-electron chi connectivity index (χ0n) is 14.8. The molecule has 1 aromatic rings.